The lowest BCUT2D eigenvalue weighted by molar-refractivity contribution is -0.268. The molecule has 10 N–H and O–H groups in total. The van der Waals surface area contributed by atoms with Gasteiger partial charge >= 0.3 is 0 Å². The minimum absolute atomic E-state index is 0.105. The number of ketones is 4. The van der Waals surface area contributed by atoms with Gasteiger partial charge in [-0.1, -0.05) is 18.2 Å². The first-order valence-corrected chi connectivity index (χ1v) is 13.2. The number of hydrogen-bond acceptors (Lipinski definition) is 16. The second-order valence-electron chi connectivity index (χ2n) is 10.7. The lowest BCUT2D eigenvalue weighted by atomic mass is 9.62. The predicted molar refractivity (Wildman–Crippen MR) is 137 cm³/mol. The fraction of sp³-hybridized carbons (Fsp3) is 0.556. The highest BCUT2D eigenvalue weighted by atomic mass is 16.6. The van der Waals surface area contributed by atoms with Crippen LogP contribution in [0.3, 0.4) is 0 Å². The van der Waals surface area contributed by atoms with Crippen LogP contribution in [0.2, 0.25) is 0 Å². The van der Waals surface area contributed by atoms with Crippen LogP contribution in [0.25, 0.3) is 6.08 Å². The Bertz CT molecular complexity index is 1260. The molecular weight excluding hydrogens is 580 g/mol. The van der Waals surface area contributed by atoms with Crippen LogP contribution in [0.4, 0.5) is 0 Å². The molecule has 1 aromatic rings. The zero-order chi connectivity index (χ0) is 32.0. The van der Waals surface area contributed by atoms with Crippen molar-refractivity contribution >= 4 is 29.2 Å². The number of benzene rings is 1. The van der Waals surface area contributed by atoms with E-state index in [-0.39, 0.29) is 5.75 Å². The maximum Gasteiger partial charge on any atom is 0.212 e. The van der Waals surface area contributed by atoms with Gasteiger partial charge in [0.15, 0.2) is 23.1 Å². The van der Waals surface area contributed by atoms with Gasteiger partial charge in [-0.15, -0.1) is 0 Å². The lowest BCUT2D eigenvalue weighted by Crippen LogP contribution is -2.76. The number of hydrogen-bond donors (Lipinski definition) is 10. The topological polar surface area (TPSA) is 289 Å². The molecule has 3 aliphatic rings. The highest BCUT2D eigenvalue weighted by Crippen LogP contribution is 2.41. The smallest absolute Gasteiger partial charge is 0.212 e. The third-order valence-corrected chi connectivity index (χ3v) is 8.07. The van der Waals surface area contributed by atoms with Gasteiger partial charge in [0.05, 0.1) is 13.2 Å². The first-order valence-electron chi connectivity index (χ1n) is 13.2. The van der Waals surface area contributed by atoms with E-state index >= 15 is 0 Å². The molecule has 3 fully saturated rings. The minimum Gasteiger partial charge on any atom is -0.508 e. The Morgan fingerprint density at radius 2 is 1.30 bits per heavy atom. The second kappa shape index (κ2) is 12.5. The summed E-state index contributed by atoms with van der Waals surface area (Å²) in [5, 5.41) is 103. The van der Waals surface area contributed by atoms with Crippen molar-refractivity contribution in [2.24, 2.45) is 11.8 Å². The quantitative estimate of drug-likeness (QED) is 0.101. The average Bonchev–Trinajstić information content (AvgIpc) is 2.98. The maximum absolute atomic E-state index is 13.9. The van der Waals surface area contributed by atoms with Gasteiger partial charge < -0.3 is 60.5 Å². The Labute approximate surface area is 242 Å². The molecule has 4 rings (SSSR count). The van der Waals surface area contributed by atoms with Crippen LogP contribution in [0, 0.1) is 11.8 Å². The number of allylic oxidation sites excluding steroid dienone is 1. The third-order valence-electron chi connectivity index (χ3n) is 8.07. The van der Waals surface area contributed by atoms with Gasteiger partial charge in [0.25, 0.3) is 0 Å². The molecular formula is C27H32O16. The predicted octanol–water partition coefficient (Wildman–Crippen LogP) is -5.66. The Morgan fingerprint density at radius 3 is 1.86 bits per heavy atom. The Hall–Kier alpha value is -3.00. The van der Waals surface area contributed by atoms with Crippen LogP contribution in [0.5, 0.6) is 5.75 Å². The fourth-order valence-electron chi connectivity index (χ4n) is 5.59. The molecule has 16 heteroatoms. The van der Waals surface area contributed by atoms with E-state index < -0.39 is 115 Å². The molecule has 16 nitrogen and oxygen atoms in total. The van der Waals surface area contributed by atoms with Gasteiger partial charge in [0.2, 0.25) is 5.60 Å². The summed E-state index contributed by atoms with van der Waals surface area (Å²) in [4.78, 5) is 54.6. The van der Waals surface area contributed by atoms with E-state index in [1.165, 1.54) is 24.3 Å². The molecule has 0 unspecified atom stereocenters. The second-order valence-corrected chi connectivity index (χ2v) is 10.7. The number of rotatable bonds is 7. The maximum atomic E-state index is 13.9. The van der Waals surface area contributed by atoms with E-state index in [0.29, 0.717) is 5.56 Å². The average molecular weight is 613 g/mol. The van der Waals surface area contributed by atoms with Crippen LogP contribution in [0.1, 0.15) is 5.56 Å². The zero-order valence-electron chi connectivity index (χ0n) is 22.2. The Morgan fingerprint density at radius 1 is 0.767 bits per heavy atom. The highest BCUT2D eigenvalue weighted by Gasteiger charge is 2.69. The Balaban J connectivity index is 1.82. The fourth-order valence-corrected chi connectivity index (χ4v) is 5.59. The summed E-state index contributed by atoms with van der Waals surface area (Å²) in [6.07, 6.45) is -19.0. The Kier molecular flexibility index (Phi) is 9.60. The number of aliphatic hydroxyl groups is 9. The highest BCUT2D eigenvalue weighted by molar-refractivity contribution is 6.37. The lowest BCUT2D eigenvalue weighted by Gasteiger charge is -2.50. The number of carbonyl (C=O) groups is 4. The number of aromatic hydroxyl groups is 1. The minimum atomic E-state index is -3.64. The molecule has 13 atom stereocenters. The first-order chi connectivity index (χ1) is 20.2. The van der Waals surface area contributed by atoms with Crippen molar-refractivity contribution in [2.45, 2.75) is 66.6 Å². The molecule has 2 aliphatic heterocycles. The molecule has 0 spiro atoms. The van der Waals surface area contributed by atoms with E-state index in [2.05, 4.69) is 0 Å². The number of aliphatic hydroxyl groups excluding tert-OH is 8. The molecule has 0 aromatic heterocycles. The monoisotopic (exact) mass is 612 g/mol. The van der Waals surface area contributed by atoms with Crippen molar-refractivity contribution in [1.29, 1.82) is 0 Å². The van der Waals surface area contributed by atoms with Crippen molar-refractivity contribution in [2.75, 3.05) is 13.2 Å². The standard InChI is InChI=1S/C27H32O16/c28-7-12-16(32)19(35)21(37)23(42-12)15-18(34)14(11(31)6-3-9-1-4-10(30)5-2-9)24(39)27(41,25(15)40)26-22(38)20(36)17(33)13(8-29)43-26/h1-6,12-17,19-23,26,28-30,32-33,35-38,41H,7-8H2/b6-3+/t12-,13-,14+,15-,16-,17-,19+,20+,21-,22-,23+,26-,27-/m1/s1. The normalized spacial score (nSPS) is 42.4. The van der Waals surface area contributed by atoms with Crippen LogP contribution < -0.4 is 0 Å². The third kappa shape index (κ3) is 5.56. The molecule has 1 aliphatic carbocycles. The van der Waals surface area contributed by atoms with Crippen LogP contribution in [-0.4, -0.2) is 154 Å². The van der Waals surface area contributed by atoms with Gasteiger partial charge in [-0.3, -0.25) is 19.2 Å². The number of Topliss-reactive ketones (excluding diaryl/α,β-unsaturated/α-hetero) is 3. The van der Waals surface area contributed by atoms with Crippen molar-refractivity contribution in [3.63, 3.8) is 0 Å². The van der Waals surface area contributed by atoms with Crippen molar-refractivity contribution in [1.82, 2.24) is 0 Å². The molecule has 1 saturated carbocycles. The summed E-state index contributed by atoms with van der Waals surface area (Å²) in [6.45, 7) is -2.02. The molecule has 2 saturated heterocycles. The molecule has 236 valence electrons. The van der Waals surface area contributed by atoms with Gasteiger partial charge in [-0.25, -0.2) is 0 Å². The zero-order valence-corrected chi connectivity index (χ0v) is 22.2. The van der Waals surface area contributed by atoms with E-state index in [9.17, 15) is 70.2 Å². The van der Waals surface area contributed by atoms with E-state index in [4.69, 9.17) is 9.47 Å². The number of ether oxygens (including phenoxy) is 2. The van der Waals surface area contributed by atoms with Crippen molar-refractivity contribution in [3.8, 4) is 5.75 Å². The summed E-state index contributed by atoms with van der Waals surface area (Å²) in [7, 11) is 0. The van der Waals surface area contributed by atoms with E-state index in [1.54, 1.807) is 0 Å². The molecule has 43 heavy (non-hydrogen) atoms. The molecule has 1 aromatic carbocycles. The molecule has 2 heterocycles. The summed E-state index contributed by atoms with van der Waals surface area (Å²) in [5.74, 6) is -11.5. The molecule has 0 radical (unpaired) electrons. The summed E-state index contributed by atoms with van der Waals surface area (Å²) < 4.78 is 10.6. The van der Waals surface area contributed by atoms with Crippen LogP contribution >= 0.6 is 0 Å². The van der Waals surface area contributed by atoms with Gasteiger partial charge in [0, 0.05) is 0 Å². The molecule has 0 amide bonds. The van der Waals surface area contributed by atoms with Gasteiger partial charge in [0.1, 0.15) is 78.6 Å². The van der Waals surface area contributed by atoms with Crippen molar-refractivity contribution < 1.29 is 79.7 Å². The number of phenols is 1. The summed E-state index contributed by atoms with van der Waals surface area (Å²) >= 11 is 0. The van der Waals surface area contributed by atoms with E-state index in [0.717, 1.165) is 12.2 Å². The first kappa shape index (κ1) is 32.9. The van der Waals surface area contributed by atoms with Crippen LogP contribution in [0.15, 0.2) is 30.3 Å². The molecule has 0 bridgehead atoms. The van der Waals surface area contributed by atoms with Crippen molar-refractivity contribution in [3.05, 3.63) is 35.9 Å². The van der Waals surface area contributed by atoms with Crippen LogP contribution in [-0.2, 0) is 28.7 Å². The summed E-state index contributed by atoms with van der Waals surface area (Å²) in [5.41, 5.74) is -3.33. The number of carbonyl (C=O) groups excluding carboxylic acids is 4. The SMILES string of the molecule is O=C(/C=C/c1ccc(O)cc1)[C@H]1C(=O)[C@H]([C@@H]2O[C@H](CO)[C@@H](O)[C@H](O)[C@H]2O)C(=O)[C@@](O)([C@@H]2O[C@H](CO)[C@@H](O)[C@H](O)[C@H]2O)C1=O. The van der Waals surface area contributed by atoms with Gasteiger partial charge in [-0.05, 0) is 23.8 Å². The summed E-state index contributed by atoms with van der Waals surface area (Å²) in [6, 6.07) is 5.28. The number of phenolic OH excluding ortho intramolecular Hbond substituents is 1. The largest absolute Gasteiger partial charge is 0.508 e. The van der Waals surface area contributed by atoms with E-state index in [1.807, 2.05) is 0 Å². The van der Waals surface area contributed by atoms with Gasteiger partial charge in [-0.2, -0.15) is 0 Å².